The monoisotopic (exact) mass is 324 g/mol. The summed E-state index contributed by atoms with van der Waals surface area (Å²) in [6, 6.07) is 3.48. The number of methoxy groups -OCH3 is 1. The summed E-state index contributed by atoms with van der Waals surface area (Å²) in [6.07, 6.45) is 11.3. The minimum atomic E-state index is -0.406. The quantitative estimate of drug-likeness (QED) is 0.859. The van der Waals surface area contributed by atoms with Crippen molar-refractivity contribution in [3.63, 3.8) is 0 Å². The van der Waals surface area contributed by atoms with E-state index in [1.165, 1.54) is 18.4 Å². The first-order valence-corrected chi connectivity index (χ1v) is 7.40. The van der Waals surface area contributed by atoms with Crippen LogP contribution in [0.3, 0.4) is 0 Å². The van der Waals surface area contributed by atoms with Crippen molar-refractivity contribution in [3.05, 3.63) is 65.8 Å². The fourth-order valence-corrected chi connectivity index (χ4v) is 2.54. The Morgan fingerprint density at radius 1 is 1.46 bits per heavy atom. The van der Waals surface area contributed by atoms with Crippen LogP contribution in [0.1, 0.15) is 5.76 Å². The van der Waals surface area contributed by atoms with Crippen LogP contribution < -0.4 is 5.32 Å². The molecule has 0 fully saturated rings. The van der Waals surface area contributed by atoms with Crippen LogP contribution in [0.5, 0.6) is 0 Å². The molecule has 0 saturated carbocycles. The molecular weight excluding hydrogens is 308 g/mol. The highest BCUT2D eigenvalue weighted by Gasteiger charge is 2.26. The van der Waals surface area contributed by atoms with Crippen LogP contribution in [-0.4, -0.2) is 31.2 Å². The second-order valence-electron chi connectivity index (χ2n) is 5.30. The molecule has 24 heavy (non-hydrogen) atoms. The molecular formula is C18H16N2O4. The number of allylic oxidation sites excluding steroid dienone is 3. The zero-order valence-electron chi connectivity index (χ0n) is 13.1. The Balaban J connectivity index is 1.76. The van der Waals surface area contributed by atoms with Crippen molar-refractivity contribution in [2.45, 2.75) is 0 Å². The molecule has 0 aromatic carbocycles. The highest BCUT2D eigenvalue weighted by atomic mass is 16.5. The molecule has 0 saturated heterocycles. The second kappa shape index (κ2) is 7.06. The number of hydrogen-bond acceptors (Lipinski definition) is 4. The first-order valence-electron chi connectivity index (χ1n) is 7.40. The Labute approximate surface area is 138 Å². The number of rotatable bonds is 4. The highest BCUT2D eigenvalue weighted by molar-refractivity contribution is 6.13. The van der Waals surface area contributed by atoms with E-state index in [4.69, 9.17) is 9.15 Å². The first-order chi connectivity index (χ1) is 11.7. The topological polar surface area (TPSA) is 80.9 Å². The van der Waals surface area contributed by atoms with Gasteiger partial charge in [0.2, 0.25) is 5.91 Å². The summed E-state index contributed by atoms with van der Waals surface area (Å²) < 4.78 is 10.2. The van der Waals surface area contributed by atoms with Crippen molar-refractivity contribution in [2.75, 3.05) is 13.7 Å². The summed E-state index contributed by atoms with van der Waals surface area (Å²) in [5.41, 5.74) is 2.04. The Bertz CT molecular complexity index is 795. The van der Waals surface area contributed by atoms with Crippen molar-refractivity contribution in [1.82, 2.24) is 5.32 Å². The number of nitrogens with zero attached hydrogens (tertiary/aromatic N) is 1. The smallest absolute Gasteiger partial charge is 0.270 e. The largest absolute Gasteiger partial charge is 0.465 e. The normalized spacial score (nSPS) is 21.5. The maximum absolute atomic E-state index is 11.9. The number of aliphatic imine (C=N–C) groups is 1. The molecule has 6 nitrogen and oxygen atoms in total. The lowest BCUT2D eigenvalue weighted by Crippen LogP contribution is -2.34. The van der Waals surface area contributed by atoms with E-state index in [0.29, 0.717) is 23.8 Å². The van der Waals surface area contributed by atoms with Crippen molar-refractivity contribution in [3.8, 4) is 0 Å². The fourth-order valence-electron chi connectivity index (χ4n) is 2.54. The molecule has 0 spiro atoms. The molecule has 1 aromatic rings. The SMILES string of the molecule is COCC1=CC(=O)NC2=CC(=NC(=O)/C=C/c3ccco3)C=CC12. The zero-order chi connectivity index (χ0) is 16.9. The molecule has 0 bridgehead atoms. The molecule has 1 aliphatic carbocycles. The van der Waals surface area contributed by atoms with Gasteiger partial charge in [-0.25, -0.2) is 4.99 Å². The van der Waals surface area contributed by atoms with Gasteiger partial charge < -0.3 is 14.5 Å². The van der Waals surface area contributed by atoms with Gasteiger partial charge >= 0.3 is 0 Å². The maximum atomic E-state index is 11.9. The second-order valence-corrected chi connectivity index (χ2v) is 5.30. The predicted molar refractivity (Wildman–Crippen MR) is 89.0 cm³/mol. The van der Waals surface area contributed by atoms with E-state index in [2.05, 4.69) is 10.3 Å². The number of carbonyl (C=O) groups is 2. The summed E-state index contributed by atoms with van der Waals surface area (Å²) in [5, 5.41) is 2.78. The lowest BCUT2D eigenvalue weighted by atomic mass is 9.88. The number of fused-ring (bicyclic) bond motifs is 1. The average Bonchev–Trinajstić information content (AvgIpc) is 3.06. The molecule has 1 atom stereocenters. The maximum Gasteiger partial charge on any atom is 0.270 e. The van der Waals surface area contributed by atoms with Gasteiger partial charge in [0.1, 0.15) is 5.76 Å². The lowest BCUT2D eigenvalue weighted by Gasteiger charge is -2.27. The number of furan rings is 1. The van der Waals surface area contributed by atoms with Crippen LogP contribution in [-0.2, 0) is 14.3 Å². The van der Waals surface area contributed by atoms with E-state index >= 15 is 0 Å². The van der Waals surface area contributed by atoms with Crippen molar-refractivity contribution >= 4 is 23.6 Å². The van der Waals surface area contributed by atoms with E-state index in [0.717, 1.165) is 5.57 Å². The fraction of sp³-hybridized carbons (Fsp3) is 0.167. The van der Waals surface area contributed by atoms with E-state index < -0.39 is 5.91 Å². The van der Waals surface area contributed by atoms with Gasteiger partial charge in [0.05, 0.1) is 18.6 Å². The molecule has 122 valence electrons. The van der Waals surface area contributed by atoms with Gasteiger partial charge in [-0.15, -0.1) is 0 Å². The number of nitrogens with one attached hydrogen (secondary N) is 1. The molecule has 6 heteroatoms. The van der Waals surface area contributed by atoms with Crippen LogP contribution in [0.4, 0.5) is 0 Å². The third-order valence-electron chi connectivity index (χ3n) is 3.57. The molecule has 1 N–H and O–H groups in total. The predicted octanol–water partition coefficient (Wildman–Crippen LogP) is 2.03. The van der Waals surface area contributed by atoms with Crippen molar-refractivity contribution < 1.29 is 18.7 Å². The van der Waals surface area contributed by atoms with Gasteiger partial charge in [-0.3, -0.25) is 9.59 Å². The van der Waals surface area contributed by atoms with Gasteiger partial charge in [-0.1, -0.05) is 6.08 Å². The molecule has 2 heterocycles. The summed E-state index contributed by atoms with van der Waals surface area (Å²) in [6.45, 7) is 0.372. The summed E-state index contributed by atoms with van der Waals surface area (Å²) in [4.78, 5) is 27.6. The Kier molecular flexibility index (Phi) is 4.67. The lowest BCUT2D eigenvalue weighted by molar-refractivity contribution is -0.116. The molecule has 1 aliphatic heterocycles. The van der Waals surface area contributed by atoms with Crippen molar-refractivity contribution in [2.24, 2.45) is 10.9 Å². The minimum absolute atomic E-state index is 0.0598. The Morgan fingerprint density at radius 3 is 3.08 bits per heavy atom. The third-order valence-corrected chi connectivity index (χ3v) is 3.57. The third kappa shape index (κ3) is 3.67. The molecule has 3 rings (SSSR count). The zero-order valence-corrected chi connectivity index (χ0v) is 13.1. The molecule has 1 aromatic heterocycles. The van der Waals surface area contributed by atoms with E-state index in [1.807, 2.05) is 6.08 Å². The van der Waals surface area contributed by atoms with Crippen LogP contribution in [0, 0.1) is 5.92 Å². The van der Waals surface area contributed by atoms with Crippen LogP contribution >= 0.6 is 0 Å². The molecule has 1 unspecified atom stereocenters. The Hall–Kier alpha value is -2.99. The standard InChI is InChI=1S/C18H16N2O4/c1-23-11-12-9-18(22)20-16-10-13(4-6-15(12)16)19-17(21)7-5-14-3-2-8-24-14/h2-10,15H,11H2,1H3,(H,20,22)/b7-5+,19-13?. The first kappa shape index (κ1) is 15.9. The van der Waals surface area contributed by atoms with Crippen LogP contribution in [0.15, 0.2) is 69.5 Å². The van der Waals surface area contributed by atoms with Gasteiger partial charge in [-0.2, -0.15) is 0 Å². The summed E-state index contributed by atoms with van der Waals surface area (Å²) in [5.74, 6) is -0.0928. The van der Waals surface area contributed by atoms with Crippen molar-refractivity contribution in [1.29, 1.82) is 0 Å². The molecule has 2 aliphatic rings. The number of amides is 2. The van der Waals surface area contributed by atoms with Gasteiger partial charge in [0.25, 0.3) is 5.91 Å². The number of hydrogen-bond donors (Lipinski definition) is 1. The highest BCUT2D eigenvalue weighted by Crippen LogP contribution is 2.27. The molecule has 0 radical (unpaired) electrons. The van der Waals surface area contributed by atoms with E-state index in [-0.39, 0.29) is 11.8 Å². The number of ether oxygens (including phenoxy) is 1. The van der Waals surface area contributed by atoms with E-state index in [9.17, 15) is 9.59 Å². The summed E-state index contributed by atoms with van der Waals surface area (Å²) >= 11 is 0. The number of carbonyl (C=O) groups excluding carboxylic acids is 2. The minimum Gasteiger partial charge on any atom is -0.465 e. The van der Waals surface area contributed by atoms with Gasteiger partial charge in [0.15, 0.2) is 0 Å². The van der Waals surface area contributed by atoms with Gasteiger partial charge in [-0.05, 0) is 35.9 Å². The van der Waals surface area contributed by atoms with Crippen LogP contribution in [0.25, 0.3) is 6.08 Å². The van der Waals surface area contributed by atoms with Gasteiger partial charge in [0, 0.05) is 30.9 Å². The van der Waals surface area contributed by atoms with E-state index in [1.54, 1.807) is 37.5 Å². The Morgan fingerprint density at radius 2 is 2.33 bits per heavy atom. The summed E-state index contributed by atoms with van der Waals surface area (Å²) in [7, 11) is 1.58. The molecule has 2 amide bonds. The average molecular weight is 324 g/mol. The van der Waals surface area contributed by atoms with Crippen LogP contribution in [0.2, 0.25) is 0 Å².